The van der Waals surface area contributed by atoms with Crippen molar-refractivity contribution < 1.29 is 4.79 Å². The smallest absolute Gasteiger partial charge is 0.254 e. The molecule has 1 aliphatic rings. The Morgan fingerprint density at radius 2 is 2.00 bits per heavy atom. The molecule has 3 nitrogen and oxygen atoms in total. The Morgan fingerprint density at radius 3 is 2.60 bits per heavy atom. The van der Waals surface area contributed by atoms with Crippen LogP contribution in [0.25, 0.3) is 0 Å². The van der Waals surface area contributed by atoms with Crippen molar-refractivity contribution in [3.05, 3.63) is 34.9 Å². The van der Waals surface area contributed by atoms with E-state index in [4.69, 9.17) is 5.73 Å². The van der Waals surface area contributed by atoms with E-state index >= 15 is 0 Å². The molecule has 2 unspecified atom stereocenters. The summed E-state index contributed by atoms with van der Waals surface area (Å²) in [7, 11) is 0. The third kappa shape index (κ3) is 3.02. The molecule has 1 aromatic carbocycles. The number of likely N-dealkylation sites (tertiary alicyclic amines) is 1. The molecule has 1 saturated heterocycles. The number of rotatable bonds is 1. The molecule has 0 aromatic heterocycles. The fourth-order valence-electron chi connectivity index (χ4n) is 2.55. The lowest BCUT2D eigenvalue weighted by Gasteiger charge is -2.17. The zero-order valence-corrected chi connectivity index (χ0v) is 12.4. The summed E-state index contributed by atoms with van der Waals surface area (Å²) in [5, 5.41) is 0. The highest BCUT2D eigenvalue weighted by molar-refractivity contribution is 5.96. The predicted octanol–water partition coefficient (Wildman–Crippen LogP) is 2.03. The molecule has 1 aromatic rings. The first-order chi connectivity index (χ1) is 9.52. The molecular weight excluding hydrogens is 248 g/mol. The molecule has 0 spiro atoms. The van der Waals surface area contributed by atoms with E-state index in [1.165, 1.54) is 0 Å². The van der Waals surface area contributed by atoms with Gasteiger partial charge in [0.1, 0.15) is 0 Å². The summed E-state index contributed by atoms with van der Waals surface area (Å²) in [5.41, 5.74) is 8.00. The van der Waals surface area contributed by atoms with Crippen molar-refractivity contribution in [2.45, 2.75) is 20.8 Å². The maximum atomic E-state index is 12.6. The van der Waals surface area contributed by atoms with Crippen LogP contribution in [-0.2, 0) is 0 Å². The molecule has 20 heavy (non-hydrogen) atoms. The van der Waals surface area contributed by atoms with Gasteiger partial charge in [0.05, 0.1) is 6.54 Å². The van der Waals surface area contributed by atoms with E-state index in [9.17, 15) is 4.79 Å². The molecular formula is C17H22N2O. The average molecular weight is 270 g/mol. The minimum atomic E-state index is 0.120. The lowest BCUT2D eigenvalue weighted by atomic mass is 10.0. The van der Waals surface area contributed by atoms with Crippen LogP contribution in [0.5, 0.6) is 0 Å². The standard InChI is InChI=1S/C17H22N2O/c1-12-6-7-15(5-4-8-18)9-16(12)17(20)19-10-13(2)14(3)11-19/h6-7,9,13-14H,8,10-11,18H2,1-3H3. The number of nitrogens with zero attached hydrogens (tertiary/aromatic N) is 1. The van der Waals surface area contributed by atoms with Gasteiger partial charge in [-0.1, -0.05) is 31.8 Å². The Morgan fingerprint density at radius 1 is 1.35 bits per heavy atom. The van der Waals surface area contributed by atoms with Crippen LogP contribution in [0.1, 0.15) is 35.3 Å². The lowest BCUT2D eigenvalue weighted by molar-refractivity contribution is 0.0784. The SMILES string of the molecule is Cc1ccc(C#CCN)cc1C(=O)N1CC(C)C(C)C1. The summed E-state index contributed by atoms with van der Waals surface area (Å²) in [5.74, 6) is 7.07. The van der Waals surface area contributed by atoms with Gasteiger partial charge in [0.25, 0.3) is 5.91 Å². The Labute approximate surface area is 121 Å². The normalized spacial score (nSPS) is 21.5. The van der Waals surface area contributed by atoms with Crippen molar-refractivity contribution in [3.8, 4) is 11.8 Å². The maximum absolute atomic E-state index is 12.6. The van der Waals surface area contributed by atoms with Crippen molar-refractivity contribution in [1.29, 1.82) is 0 Å². The first-order valence-electron chi connectivity index (χ1n) is 7.11. The van der Waals surface area contributed by atoms with Crippen molar-refractivity contribution >= 4 is 5.91 Å². The van der Waals surface area contributed by atoms with Gasteiger partial charge in [-0.25, -0.2) is 0 Å². The largest absolute Gasteiger partial charge is 0.338 e. The van der Waals surface area contributed by atoms with Gasteiger partial charge in [-0.2, -0.15) is 0 Å². The van der Waals surface area contributed by atoms with Crippen LogP contribution in [-0.4, -0.2) is 30.4 Å². The summed E-state index contributed by atoms with van der Waals surface area (Å²) in [6.07, 6.45) is 0. The molecule has 1 aliphatic heterocycles. The molecule has 1 heterocycles. The Hall–Kier alpha value is -1.79. The molecule has 2 atom stereocenters. The van der Waals surface area contributed by atoms with Crippen LogP contribution in [0.2, 0.25) is 0 Å². The molecule has 0 bridgehead atoms. The molecule has 0 saturated carbocycles. The van der Waals surface area contributed by atoms with Gasteiger partial charge in [0.15, 0.2) is 0 Å². The number of aryl methyl sites for hydroxylation is 1. The van der Waals surface area contributed by atoms with Crippen LogP contribution >= 0.6 is 0 Å². The topological polar surface area (TPSA) is 46.3 Å². The zero-order chi connectivity index (χ0) is 14.7. The second-order valence-corrected chi connectivity index (χ2v) is 5.70. The van der Waals surface area contributed by atoms with Gasteiger partial charge >= 0.3 is 0 Å². The quantitative estimate of drug-likeness (QED) is 0.794. The van der Waals surface area contributed by atoms with Gasteiger partial charge in [-0.3, -0.25) is 4.79 Å². The number of hydrogen-bond donors (Lipinski definition) is 1. The molecule has 1 fully saturated rings. The molecule has 2 N–H and O–H groups in total. The van der Waals surface area contributed by atoms with Gasteiger partial charge in [-0.15, -0.1) is 0 Å². The number of carbonyl (C=O) groups excluding carboxylic acids is 1. The van der Waals surface area contributed by atoms with E-state index in [2.05, 4.69) is 25.7 Å². The van der Waals surface area contributed by atoms with Crippen molar-refractivity contribution in [3.63, 3.8) is 0 Å². The Balaban J connectivity index is 2.25. The average Bonchev–Trinajstić information content (AvgIpc) is 2.77. The van der Waals surface area contributed by atoms with Gasteiger partial charge in [-0.05, 0) is 36.5 Å². The molecule has 106 valence electrons. The number of benzene rings is 1. The van der Waals surface area contributed by atoms with E-state index in [-0.39, 0.29) is 5.91 Å². The fourth-order valence-corrected chi connectivity index (χ4v) is 2.55. The number of amides is 1. The Bertz CT molecular complexity index is 558. The monoisotopic (exact) mass is 270 g/mol. The van der Waals surface area contributed by atoms with Crippen LogP contribution in [0, 0.1) is 30.6 Å². The van der Waals surface area contributed by atoms with E-state index in [1.807, 2.05) is 30.0 Å². The zero-order valence-electron chi connectivity index (χ0n) is 12.4. The predicted molar refractivity (Wildman–Crippen MR) is 81.3 cm³/mol. The fraction of sp³-hybridized carbons (Fsp3) is 0.471. The van der Waals surface area contributed by atoms with E-state index < -0.39 is 0 Å². The number of hydrogen-bond acceptors (Lipinski definition) is 2. The Kier molecular flexibility index (Phi) is 4.46. The third-order valence-corrected chi connectivity index (χ3v) is 4.08. The highest BCUT2D eigenvalue weighted by Crippen LogP contribution is 2.24. The van der Waals surface area contributed by atoms with E-state index in [0.29, 0.717) is 18.4 Å². The summed E-state index contributed by atoms with van der Waals surface area (Å²) in [6.45, 7) is 8.40. The molecule has 0 aliphatic carbocycles. The number of carbonyl (C=O) groups is 1. The third-order valence-electron chi connectivity index (χ3n) is 4.08. The molecule has 3 heteroatoms. The van der Waals surface area contributed by atoms with Crippen molar-refractivity contribution in [2.75, 3.05) is 19.6 Å². The minimum Gasteiger partial charge on any atom is -0.338 e. The van der Waals surface area contributed by atoms with Crippen LogP contribution in [0.15, 0.2) is 18.2 Å². The molecule has 2 rings (SSSR count). The second kappa shape index (κ2) is 6.11. The number of nitrogens with two attached hydrogens (primary N) is 1. The summed E-state index contributed by atoms with van der Waals surface area (Å²) < 4.78 is 0. The van der Waals surface area contributed by atoms with Gasteiger partial charge < -0.3 is 10.6 Å². The molecule has 1 amide bonds. The summed E-state index contributed by atoms with van der Waals surface area (Å²) >= 11 is 0. The summed E-state index contributed by atoms with van der Waals surface area (Å²) in [4.78, 5) is 14.6. The highest BCUT2D eigenvalue weighted by Gasteiger charge is 2.30. The minimum absolute atomic E-state index is 0.120. The first-order valence-corrected chi connectivity index (χ1v) is 7.11. The highest BCUT2D eigenvalue weighted by atomic mass is 16.2. The van der Waals surface area contributed by atoms with E-state index in [1.54, 1.807) is 0 Å². The van der Waals surface area contributed by atoms with Crippen molar-refractivity contribution in [1.82, 2.24) is 4.90 Å². The van der Waals surface area contributed by atoms with Crippen LogP contribution < -0.4 is 5.73 Å². The maximum Gasteiger partial charge on any atom is 0.254 e. The van der Waals surface area contributed by atoms with Crippen LogP contribution in [0.3, 0.4) is 0 Å². The summed E-state index contributed by atoms with van der Waals surface area (Å²) in [6, 6.07) is 5.77. The van der Waals surface area contributed by atoms with E-state index in [0.717, 1.165) is 29.8 Å². The lowest BCUT2D eigenvalue weighted by Crippen LogP contribution is -2.29. The first kappa shape index (κ1) is 14.6. The van der Waals surface area contributed by atoms with Gasteiger partial charge in [0.2, 0.25) is 0 Å². The van der Waals surface area contributed by atoms with Crippen LogP contribution in [0.4, 0.5) is 0 Å². The van der Waals surface area contributed by atoms with Crippen molar-refractivity contribution in [2.24, 2.45) is 17.6 Å². The molecule has 0 radical (unpaired) electrons. The second-order valence-electron chi connectivity index (χ2n) is 5.70. The van der Waals surface area contributed by atoms with Gasteiger partial charge in [0, 0.05) is 24.2 Å².